The van der Waals surface area contributed by atoms with E-state index in [-0.39, 0.29) is 22.7 Å². The molecule has 18 heavy (non-hydrogen) atoms. The lowest BCUT2D eigenvalue weighted by Crippen LogP contribution is -2.49. The Morgan fingerprint density at radius 1 is 1.61 bits per heavy atom. The van der Waals surface area contributed by atoms with Gasteiger partial charge in [-0.2, -0.15) is 0 Å². The minimum absolute atomic E-state index is 0.0599. The number of nitrogens with two attached hydrogens (primary N) is 1. The van der Waals surface area contributed by atoms with Crippen molar-refractivity contribution in [3.63, 3.8) is 0 Å². The van der Waals surface area contributed by atoms with Crippen molar-refractivity contribution in [2.45, 2.75) is 38.3 Å². The Kier molecular flexibility index (Phi) is 3.76. The molecule has 6 heteroatoms. The van der Waals surface area contributed by atoms with Crippen LogP contribution in [0.1, 0.15) is 26.2 Å². The molecule has 2 heterocycles. The van der Waals surface area contributed by atoms with Crippen LogP contribution in [0.4, 0.5) is 11.4 Å². The van der Waals surface area contributed by atoms with Crippen molar-refractivity contribution >= 4 is 11.4 Å². The first-order chi connectivity index (χ1) is 8.65. The molecule has 1 aliphatic heterocycles. The zero-order valence-corrected chi connectivity index (χ0v) is 10.5. The predicted molar refractivity (Wildman–Crippen MR) is 69.5 cm³/mol. The Hall–Kier alpha value is -1.69. The predicted octanol–water partition coefficient (Wildman–Crippen LogP) is 1.70. The number of pyridine rings is 1. The second-order valence-corrected chi connectivity index (χ2v) is 4.70. The molecule has 0 bridgehead atoms. The van der Waals surface area contributed by atoms with Crippen molar-refractivity contribution in [2.75, 3.05) is 11.4 Å². The minimum Gasteiger partial charge on any atom is -0.359 e. The van der Waals surface area contributed by atoms with Gasteiger partial charge in [-0.3, -0.25) is 15.1 Å². The molecular formula is C12H18N4O2. The lowest BCUT2D eigenvalue weighted by Gasteiger charge is -2.41. The van der Waals surface area contributed by atoms with E-state index in [4.69, 9.17) is 5.73 Å². The molecule has 6 nitrogen and oxygen atoms in total. The number of rotatable bonds is 3. The Bertz CT molecular complexity index is 438. The largest absolute Gasteiger partial charge is 0.359 e. The van der Waals surface area contributed by atoms with Crippen LogP contribution in [-0.2, 0) is 0 Å². The fraction of sp³-hybridized carbons (Fsp3) is 0.583. The normalized spacial score (nSPS) is 24.0. The fourth-order valence-electron chi connectivity index (χ4n) is 2.69. The van der Waals surface area contributed by atoms with Crippen LogP contribution in [0.3, 0.4) is 0 Å². The molecule has 2 unspecified atom stereocenters. The van der Waals surface area contributed by atoms with Gasteiger partial charge in [0.05, 0.1) is 4.92 Å². The van der Waals surface area contributed by atoms with Gasteiger partial charge in [0.25, 0.3) is 0 Å². The van der Waals surface area contributed by atoms with Gasteiger partial charge in [-0.1, -0.05) is 0 Å². The topological polar surface area (TPSA) is 85.3 Å². The molecule has 2 rings (SSSR count). The fourth-order valence-corrected chi connectivity index (χ4v) is 2.69. The maximum Gasteiger partial charge on any atom is 0.310 e. The molecule has 1 saturated heterocycles. The summed E-state index contributed by atoms with van der Waals surface area (Å²) in [6.07, 6.45) is 6.05. The van der Waals surface area contributed by atoms with E-state index in [0.29, 0.717) is 12.2 Å². The molecule has 0 aliphatic carbocycles. The molecule has 0 amide bonds. The first-order valence-corrected chi connectivity index (χ1v) is 6.22. The molecule has 0 saturated carbocycles. The molecule has 2 atom stereocenters. The highest BCUT2D eigenvalue weighted by molar-refractivity contribution is 5.63. The van der Waals surface area contributed by atoms with Gasteiger partial charge in [-0.15, -0.1) is 0 Å². The number of anilines is 1. The molecule has 1 aliphatic rings. The van der Waals surface area contributed by atoms with Gasteiger partial charge >= 0.3 is 5.69 Å². The summed E-state index contributed by atoms with van der Waals surface area (Å²) in [5.41, 5.74) is 6.49. The number of nitro groups is 1. The number of hydrogen-bond donors (Lipinski definition) is 1. The van der Waals surface area contributed by atoms with Crippen LogP contribution in [0.15, 0.2) is 18.5 Å². The van der Waals surface area contributed by atoms with E-state index in [1.54, 1.807) is 12.3 Å². The molecule has 0 aromatic carbocycles. The van der Waals surface area contributed by atoms with Crippen LogP contribution >= 0.6 is 0 Å². The second-order valence-electron chi connectivity index (χ2n) is 4.70. The van der Waals surface area contributed by atoms with Gasteiger partial charge in [0.2, 0.25) is 0 Å². The third-order valence-electron chi connectivity index (χ3n) is 3.55. The molecule has 1 aromatic rings. The van der Waals surface area contributed by atoms with Crippen molar-refractivity contribution in [3.05, 3.63) is 28.6 Å². The molecule has 1 aromatic heterocycles. The van der Waals surface area contributed by atoms with E-state index in [1.807, 2.05) is 0 Å². The smallest absolute Gasteiger partial charge is 0.310 e. The van der Waals surface area contributed by atoms with Crippen LogP contribution in [0.5, 0.6) is 0 Å². The van der Waals surface area contributed by atoms with Crippen LogP contribution in [0.25, 0.3) is 0 Å². The molecule has 0 spiro atoms. The van der Waals surface area contributed by atoms with E-state index in [1.165, 1.54) is 6.20 Å². The molecule has 1 fully saturated rings. The van der Waals surface area contributed by atoms with E-state index < -0.39 is 0 Å². The summed E-state index contributed by atoms with van der Waals surface area (Å²) in [4.78, 5) is 16.6. The van der Waals surface area contributed by atoms with Gasteiger partial charge in [-0.05, 0) is 32.3 Å². The third-order valence-corrected chi connectivity index (χ3v) is 3.55. The Morgan fingerprint density at radius 2 is 2.39 bits per heavy atom. The highest BCUT2D eigenvalue weighted by Crippen LogP contribution is 2.34. The van der Waals surface area contributed by atoms with Gasteiger partial charge in [0, 0.05) is 24.8 Å². The van der Waals surface area contributed by atoms with E-state index in [0.717, 1.165) is 19.3 Å². The minimum atomic E-state index is -0.378. The van der Waals surface area contributed by atoms with Crippen molar-refractivity contribution in [1.29, 1.82) is 0 Å². The Labute approximate surface area is 106 Å². The molecule has 2 N–H and O–H groups in total. The average molecular weight is 250 g/mol. The van der Waals surface area contributed by atoms with Gasteiger partial charge in [-0.25, -0.2) is 0 Å². The highest BCUT2D eigenvalue weighted by Gasteiger charge is 2.31. The van der Waals surface area contributed by atoms with Crippen molar-refractivity contribution in [2.24, 2.45) is 5.73 Å². The van der Waals surface area contributed by atoms with Gasteiger partial charge in [0.1, 0.15) is 11.9 Å². The zero-order valence-electron chi connectivity index (χ0n) is 10.5. The molecular weight excluding hydrogens is 232 g/mol. The lowest BCUT2D eigenvalue weighted by molar-refractivity contribution is -0.384. The van der Waals surface area contributed by atoms with Gasteiger partial charge in [0.15, 0.2) is 0 Å². The summed E-state index contributed by atoms with van der Waals surface area (Å²) in [7, 11) is 0. The van der Waals surface area contributed by atoms with Crippen LogP contribution < -0.4 is 10.6 Å². The van der Waals surface area contributed by atoms with E-state index in [9.17, 15) is 10.1 Å². The zero-order chi connectivity index (χ0) is 13.1. The maximum absolute atomic E-state index is 11.1. The van der Waals surface area contributed by atoms with Crippen molar-refractivity contribution in [1.82, 2.24) is 4.98 Å². The second kappa shape index (κ2) is 5.30. The van der Waals surface area contributed by atoms with Crippen LogP contribution in [0.2, 0.25) is 0 Å². The summed E-state index contributed by atoms with van der Waals surface area (Å²) in [5, 5.41) is 11.1. The molecule has 98 valence electrons. The number of aromatic nitrogens is 1. The van der Waals surface area contributed by atoms with Gasteiger partial charge < -0.3 is 10.6 Å². The maximum atomic E-state index is 11.1. The van der Waals surface area contributed by atoms with Crippen LogP contribution in [0, 0.1) is 10.1 Å². The van der Waals surface area contributed by atoms with E-state index in [2.05, 4.69) is 16.8 Å². The third kappa shape index (κ3) is 2.28. The first-order valence-electron chi connectivity index (χ1n) is 6.22. The van der Waals surface area contributed by atoms with E-state index >= 15 is 0 Å². The summed E-state index contributed by atoms with van der Waals surface area (Å²) >= 11 is 0. The number of piperidine rings is 1. The Balaban J connectivity index is 2.41. The average Bonchev–Trinajstić information content (AvgIpc) is 2.38. The monoisotopic (exact) mass is 250 g/mol. The van der Waals surface area contributed by atoms with Crippen LogP contribution in [-0.4, -0.2) is 28.5 Å². The SMILES string of the molecule is CC1CCCC(CN)N1c1ccncc1[N+](=O)[O-]. The summed E-state index contributed by atoms with van der Waals surface area (Å²) in [5.74, 6) is 0. The highest BCUT2D eigenvalue weighted by atomic mass is 16.6. The van der Waals surface area contributed by atoms with Crippen molar-refractivity contribution in [3.8, 4) is 0 Å². The standard InChI is InChI=1S/C12H18N4O2/c1-9-3-2-4-10(7-13)15(9)11-5-6-14-8-12(11)16(17)18/h5-6,8-10H,2-4,7,13H2,1H3. The number of nitrogens with zero attached hydrogens (tertiary/aromatic N) is 3. The lowest BCUT2D eigenvalue weighted by atomic mass is 9.95. The molecule has 0 radical (unpaired) electrons. The van der Waals surface area contributed by atoms with Crippen molar-refractivity contribution < 1.29 is 4.92 Å². The quantitative estimate of drug-likeness (QED) is 0.651. The Morgan fingerprint density at radius 3 is 3.06 bits per heavy atom. The summed E-state index contributed by atoms with van der Waals surface area (Å²) in [6, 6.07) is 2.16. The summed E-state index contributed by atoms with van der Waals surface area (Å²) < 4.78 is 0. The summed E-state index contributed by atoms with van der Waals surface area (Å²) in [6.45, 7) is 2.61. The first kappa shape index (κ1) is 12.8. The number of hydrogen-bond acceptors (Lipinski definition) is 5.